The number of hydrogen-bond donors (Lipinski definition) is 1. The van der Waals surface area contributed by atoms with Crippen LogP contribution in [0.3, 0.4) is 0 Å². The zero-order valence-electron chi connectivity index (χ0n) is 10.0. The summed E-state index contributed by atoms with van der Waals surface area (Å²) in [7, 11) is 1.76. The number of hydrogen-bond acceptors (Lipinski definition) is 3. The molecule has 0 amide bonds. The highest BCUT2D eigenvalue weighted by Crippen LogP contribution is 2.09. The third-order valence-corrected chi connectivity index (χ3v) is 3.30. The molecule has 0 aliphatic carbocycles. The molecule has 0 aliphatic rings. The molecule has 0 bridgehead atoms. The van der Waals surface area contributed by atoms with Crippen LogP contribution >= 0.6 is 11.8 Å². The van der Waals surface area contributed by atoms with Crippen molar-refractivity contribution in [2.45, 2.75) is 44.9 Å². The lowest BCUT2D eigenvalue weighted by Gasteiger charge is -2.16. The van der Waals surface area contributed by atoms with Gasteiger partial charge in [-0.05, 0) is 13.3 Å². The van der Waals surface area contributed by atoms with E-state index in [1.807, 2.05) is 11.8 Å². The van der Waals surface area contributed by atoms with Gasteiger partial charge in [0.2, 0.25) is 0 Å². The Kier molecular flexibility index (Phi) is 10.0. The summed E-state index contributed by atoms with van der Waals surface area (Å²) >= 11 is 1.97. The highest BCUT2D eigenvalue weighted by molar-refractivity contribution is 7.99. The fourth-order valence-electron chi connectivity index (χ4n) is 1.29. The molecule has 0 aliphatic heterocycles. The zero-order chi connectivity index (χ0) is 10.8. The first-order valence-electron chi connectivity index (χ1n) is 5.54. The minimum absolute atomic E-state index is 0.658. The number of thioether (sulfide) groups is 1. The first kappa shape index (κ1) is 14.3. The second kappa shape index (κ2) is 9.81. The van der Waals surface area contributed by atoms with Crippen LogP contribution in [0, 0.1) is 0 Å². The number of methoxy groups -OCH3 is 1. The van der Waals surface area contributed by atoms with E-state index in [1.54, 1.807) is 7.11 Å². The van der Waals surface area contributed by atoms with Crippen LogP contribution in [0.25, 0.3) is 0 Å². The lowest BCUT2D eigenvalue weighted by molar-refractivity contribution is 0.218. The molecule has 0 aromatic carbocycles. The van der Waals surface area contributed by atoms with Gasteiger partial charge in [-0.3, -0.25) is 0 Å². The summed E-state index contributed by atoms with van der Waals surface area (Å²) < 4.78 is 5.02. The average molecular weight is 219 g/mol. The third kappa shape index (κ3) is 8.85. The van der Waals surface area contributed by atoms with E-state index in [2.05, 4.69) is 26.1 Å². The van der Waals surface area contributed by atoms with Gasteiger partial charge in [-0.25, -0.2) is 0 Å². The van der Waals surface area contributed by atoms with E-state index in [9.17, 15) is 0 Å². The van der Waals surface area contributed by atoms with Gasteiger partial charge < -0.3 is 10.1 Å². The maximum Gasteiger partial charge on any atom is 0.0553 e. The highest BCUT2D eigenvalue weighted by Gasteiger charge is 2.04. The molecule has 0 saturated heterocycles. The van der Waals surface area contributed by atoms with Gasteiger partial charge in [0.1, 0.15) is 0 Å². The predicted molar refractivity (Wildman–Crippen MR) is 66.2 cm³/mol. The topological polar surface area (TPSA) is 21.3 Å². The Bertz CT molecular complexity index is 122. The molecule has 0 saturated carbocycles. The van der Waals surface area contributed by atoms with Gasteiger partial charge in [0.25, 0.3) is 0 Å². The quantitative estimate of drug-likeness (QED) is 0.602. The van der Waals surface area contributed by atoms with E-state index < -0.39 is 0 Å². The van der Waals surface area contributed by atoms with E-state index in [0.29, 0.717) is 11.3 Å². The fourth-order valence-corrected chi connectivity index (χ4v) is 2.17. The normalized spacial score (nSPS) is 15.4. The lowest BCUT2D eigenvalue weighted by atomic mass is 10.2. The molecule has 0 fully saturated rings. The van der Waals surface area contributed by atoms with E-state index >= 15 is 0 Å². The molecule has 3 heteroatoms. The molecular formula is C11H25NOS. The van der Waals surface area contributed by atoms with Crippen LogP contribution < -0.4 is 5.32 Å². The number of ether oxygens (including phenoxy) is 1. The van der Waals surface area contributed by atoms with Crippen LogP contribution in [0.4, 0.5) is 0 Å². The van der Waals surface area contributed by atoms with Gasteiger partial charge in [-0.1, -0.05) is 20.3 Å². The van der Waals surface area contributed by atoms with Crippen LogP contribution in [-0.4, -0.2) is 37.3 Å². The minimum Gasteiger partial charge on any atom is -0.384 e. The molecule has 2 atom stereocenters. The van der Waals surface area contributed by atoms with Crippen LogP contribution in [0.15, 0.2) is 0 Å². The van der Waals surface area contributed by atoms with Crippen molar-refractivity contribution in [3.63, 3.8) is 0 Å². The highest BCUT2D eigenvalue weighted by atomic mass is 32.2. The summed E-state index contributed by atoms with van der Waals surface area (Å²) in [6.07, 6.45) is 2.54. The van der Waals surface area contributed by atoms with E-state index in [0.717, 1.165) is 18.9 Å². The largest absolute Gasteiger partial charge is 0.384 e. The molecule has 2 nitrogen and oxygen atoms in total. The Labute approximate surface area is 93.2 Å². The smallest absolute Gasteiger partial charge is 0.0553 e. The zero-order valence-corrected chi connectivity index (χ0v) is 10.8. The van der Waals surface area contributed by atoms with Crippen molar-refractivity contribution in [3.8, 4) is 0 Å². The standard InChI is InChI=1S/C11H25NOS/c1-5-6-10(2)12-9-11(3)14-8-7-13-4/h10-12H,5-9H2,1-4H3. The van der Waals surface area contributed by atoms with Crippen LogP contribution in [0.2, 0.25) is 0 Å². The van der Waals surface area contributed by atoms with Gasteiger partial charge in [0.05, 0.1) is 6.61 Å². The Morgan fingerprint density at radius 2 is 2.07 bits per heavy atom. The van der Waals surface area contributed by atoms with Crippen molar-refractivity contribution >= 4 is 11.8 Å². The monoisotopic (exact) mass is 219 g/mol. The summed E-state index contributed by atoms with van der Waals surface area (Å²) in [4.78, 5) is 0. The van der Waals surface area contributed by atoms with Crippen LogP contribution in [0.5, 0.6) is 0 Å². The maximum absolute atomic E-state index is 5.02. The van der Waals surface area contributed by atoms with Crippen molar-refractivity contribution in [3.05, 3.63) is 0 Å². The molecule has 0 aromatic heterocycles. The van der Waals surface area contributed by atoms with E-state index in [1.165, 1.54) is 12.8 Å². The van der Waals surface area contributed by atoms with Crippen molar-refractivity contribution in [2.75, 3.05) is 26.0 Å². The fraction of sp³-hybridized carbons (Fsp3) is 1.00. The molecule has 0 radical (unpaired) electrons. The molecule has 1 N–H and O–H groups in total. The van der Waals surface area contributed by atoms with Gasteiger partial charge in [0.15, 0.2) is 0 Å². The molecule has 14 heavy (non-hydrogen) atoms. The average Bonchev–Trinajstić information content (AvgIpc) is 2.16. The summed E-state index contributed by atoms with van der Waals surface area (Å²) in [6.45, 7) is 8.73. The summed E-state index contributed by atoms with van der Waals surface area (Å²) in [5.74, 6) is 1.10. The Hall–Kier alpha value is 0.270. The number of rotatable bonds is 9. The number of nitrogens with one attached hydrogen (secondary N) is 1. The summed E-state index contributed by atoms with van der Waals surface area (Å²) in [5, 5.41) is 4.23. The summed E-state index contributed by atoms with van der Waals surface area (Å²) in [5.41, 5.74) is 0. The minimum atomic E-state index is 0.658. The first-order valence-corrected chi connectivity index (χ1v) is 6.59. The molecule has 0 heterocycles. The van der Waals surface area contributed by atoms with Crippen LogP contribution in [-0.2, 0) is 4.74 Å². The van der Waals surface area contributed by atoms with Gasteiger partial charge >= 0.3 is 0 Å². The molecule has 0 rings (SSSR count). The van der Waals surface area contributed by atoms with E-state index in [4.69, 9.17) is 4.74 Å². The van der Waals surface area contributed by atoms with Gasteiger partial charge in [0, 0.05) is 30.7 Å². The first-order chi connectivity index (χ1) is 6.70. The van der Waals surface area contributed by atoms with Crippen LogP contribution in [0.1, 0.15) is 33.6 Å². The van der Waals surface area contributed by atoms with Crippen molar-refractivity contribution < 1.29 is 4.74 Å². The van der Waals surface area contributed by atoms with Crippen molar-refractivity contribution in [1.29, 1.82) is 0 Å². The molecule has 86 valence electrons. The van der Waals surface area contributed by atoms with Crippen molar-refractivity contribution in [2.24, 2.45) is 0 Å². The Morgan fingerprint density at radius 3 is 2.64 bits per heavy atom. The van der Waals surface area contributed by atoms with Gasteiger partial charge in [-0.15, -0.1) is 0 Å². The Morgan fingerprint density at radius 1 is 1.36 bits per heavy atom. The Balaban J connectivity index is 3.29. The lowest BCUT2D eigenvalue weighted by Crippen LogP contribution is -2.31. The molecular weight excluding hydrogens is 194 g/mol. The second-order valence-corrected chi connectivity index (χ2v) is 5.32. The molecule has 0 spiro atoms. The molecule has 2 unspecified atom stereocenters. The third-order valence-electron chi connectivity index (χ3n) is 2.17. The second-order valence-electron chi connectivity index (χ2n) is 3.77. The molecule has 0 aromatic rings. The van der Waals surface area contributed by atoms with Crippen molar-refractivity contribution in [1.82, 2.24) is 5.32 Å². The van der Waals surface area contributed by atoms with Gasteiger partial charge in [-0.2, -0.15) is 11.8 Å². The van der Waals surface area contributed by atoms with E-state index in [-0.39, 0.29) is 0 Å². The SMILES string of the molecule is CCCC(C)NCC(C)SCCOC. The summed E-state index contributed by atoms with van der Waals surface area (Å²) in [6, 6.07) is 0.658. The maximum atomic E-state index is 5.02. The predicted octanol–water partition coefficient (Wildman–Crippen LogP) is 2.53.